The van der Waals surface area contributed by atoms with Gasteiger partial charge >= 0.3 is 0 Å². The molecule has 3 aliphatic rings. The standard InChI is InChI=1S/C18H25N3O3/c22-18(14-7-8-19-12-20-14)21-9-10-23-17-15(21)5-6-16(17)24-11-13-3-1-2-4-13/h7-8,12-13,15-17H,1-6,9-11H2/t15-,16+,17+/m0/s1. The molecule has 3 atom stereocenters. The second kappa shape index (κ2) is 7.15. The second-order valence-electron chi connectivity index (χ2n) is 7.10. The Balaban J connectivity index is 1.40. The number of rotatable bonds is 4. The fourth-order valence-corrected chi connectivity index (χ4v) is 4.35. The summed E-state index contributed by atoms with van der Waals surface area (Å²) in [6.45, 7) is 2.04. The number of carbonyl (C=O) groups excluding carboxylic acids is 1. The molecule has 0 radical (unpaired) electrons. The van der Waals surface area contributed by atoms with Gasteiger partial charge in [-0.1, -0.05) is 12.8 Å². The number of hydrogen-bond acceptors (Lipinski definition) is 5. The molecular formula is C18H25N3O3. The molecule has 0 N–H and O–H groups in total. The van der Waals surface area contributed by atoms with E-state index in [1.54, 1.807) is 12.3 Å². The van der Waals surface area contributed by atoms with Crippen molar-refractivity contribution in [2.24, 2.45) is 5.92 Å². The summed E-state index contributed by atoms with van der Waals surface area (Å²) in [4.78, 5) is 22.7. The maximum absolute atomic E-state index is 12.8. The van der Waals surface area contributed by atoms with Gasteiger partial charge in [0.1, 0.15) is 18.1 Å². The first-order chi connectivity index (χ1) is 11.8. The van der Waals surface area contributed by atoms with Gasteiger partial charge in [-0.15, -0.1) is 0 Å². The van der Waals surface area contributed by atoms with Gasteiger partial charge in [-0.3, -0.25) is 4.79 Å². The fourth-order valence-electron chi connectivity index (χ4n) is 4.35. The first-order valence-corrected chi connectivity index (χ1v) is 9.13. The Morgan fingerprint density at radius 2 is 2.17 bits per heavy atom. The van der Waals surface area contributed by atoms with Crippen molar-refractivity contribution in [2.75, 3.05) is 19.8 Å². The molecule has 24 heavy (non-hydrogen) atoms. The van der Waals surface area contributed by atoms with Crippen LogP contribution in [-0.4, -0.2) is 58.8 Å². The Morgan fingerprint density at radius 1 is 1.29 bits per heavy atom. The normalized spacial score (nSPS) is 30.5. The summed E-state index contributed by atoms with van der Waals surface area (Å²) in [7, 11) is 0. The Hall–Kier alpha value is -1.53. The van der Waals surface area contributed by atoms with Gasteiger partial charge in [0, 0.05) is 19.3 Å². The fraction of sp³-hybridized carbons (Fsp3) is 0.722. The summed E-state index contributed by atoms with van der Waals surface area (Å²) in [5, 5.41) is 0. The van der Waals surface area contributed by atoms with Gasteiger partial charge in [0.15, 0.2) is 0 Å². The minimum atomic E-state index is -0.0212. The largest absolute Gasteiger partial charge is 0.375 e. The highest BCUT2D eigenvalue weighted by Crippen LogP contribution is 2.34. The zero-order valence-corrected chi connectivity index (χ0v) is 14.0. The third-order valence-corrected chi connectivity index (χ3v) is 5.62. The van der Waals surface area contributed by atoms with Crippen molar-refractivity contribution in [1.29, 1.82) is 0 Å². The van der Waals surface area contributed by atoms with Gasteiger partial charge in [0.25, 0.3) is 5.91 Å². The molecule has 1 aromatic heterocycles. The minimum absolute atomic E-state index is 0.00550. The van der Waals surface area contributed by atoms with E-state index in [4.69, 9.17) is 9.47 Å². The van der Waals surface area contributed by atoms with Crippen LogP contribution in [0.2, 0.25) is 0 Å². The van der Waals surface area contributed by atoms with E-state index in [0.717, 1.165) is 19.4 Å². The highest BCUT2D eigenvalue weighted by atomic mass is 16.5. The van der Waals surface area contributed by atoms with Crippen molar-refractivity contribution in [3.63, 3.8) is 0 Å². The van der Waals surface area contributed by atoms with Crippen LogP contribution in [0.5, 0.6) is 0 Å². The van der Waals surface area contributed by atoms with Crippen molar-refractivity contribution in [3.05, 3.63) is 24.3 Å². The maximum atomic E-state index is 12.8. The Labute approximate surface area is 142 Å². The molecule has 0 spiro atoms. The van der Waals surface area contributed by atoms with E-state index in [-0.39, 0.29) is 24.2 Å². The predicted octanol–water partition coefficient (Wildman–Crippen LogP) is 2.06. The van der Waals surface area contributed by atoms with Gasteiger partial charge in [-0.2, -0.15) is 0 Å². The SMILES string of the molecule is O=C(c1ccncn1)N1CCO[C@H]2[C@H](OCC3CCCC3)CC[C@@H]21. The summed E-state index contributed by atoms with van der Waals surface area (Å²) in [6.07, 6.45) is 10.3. The number of nitrogens with zero attached hydrogens (tertiary/aromatic N) is 3. The van der Waals surface area contributed by atoms with Crippen LogP contribution in [-0.2, 0) is 9.47 Å². The molecule has 2 aliphatic carbocycles. The number of fused-ring (bicyclic) bond motifs is 1. The van der Waals surface area contributed by atoms with Crippen LogP contribution < -0.4 is 0 Å². The van der Waals surface area contributed by atoms with Crippen LogP contribution in [0, 0.1) is 5.92 Å². The van der Waals surface area contributed by atoms with Gasteiger partial charge < -0.3 is 14.4 Å². The van der Waals surface area contributed by atoms with Crippen molar-refractivity contribution in [3.8, 4) is 0 Å². The highest BCUT2D eigenvalue weighted by Gasteiger charge is 2.45. The van der Waals surface area contributed by atoms with Gasteiger partial charge in [0.2, 0.25) is 0 Å². The molecule has 6 nitrogen and oxygen atoms in total. The number of ether oxygens (including phenoxy) is 2. The van der Waals surface area contributed by atoms with Crippen LogP contribution in [0.3, 0.4) is 0 Å². The summed E-state index contributed by atoms with van der Waals surface area (Å²) in [5.41, 5.74) is 0.459. The van der Waals surface area contributed by atoms with E-state index in [1.165, 1.54) is 32.0 Å². The molecule has 4 rings (SSSR count). The topological polar surface area (TPSA) is 64.6 Å². The van der Waals surface area contributed by atoms with Crippen LogP contribution in [0.4, 0.5) is 0 Å². The van der Waals surface area contributed by atoms with Crippen molar-refractivity contribution < 1.29 is 14.3 Å². The number of aromatic nitrogens is 2. The zero-order valence-electron chi connectivity index (χ0n) is 14.0. The molecular weight excluding hydrogens is 306 g/mol. The van der Waals surface area contributed by atoms with Crippen molar-refractivity contribution in [1.82, 2.24) is 14.9 Å². The van der Waals surface area contributed by atoms with E-state index in [2.05, 4.69) is 9.97 Å². The summed E-state index contributed by atoms with van der Waals surface area (Å²) < 4.78 is 12.2. The molecule has 1 aliphatic heterocycles. The third-order valence-electron chi connectivity index (χ3n) is 5.62. The molecule has 2 heterocycles. The number of amides is 1. The molecule has 130 valence electrons. The maximum Gasteiger partial charge on any atom is 0.272 e. The van der Waals surface area contributed by atoms with E-state index in [0.29, 0.717) is 24.8 Å². The van der Waals surface area contributed by atoms with Crippen LogP contribution in [0.25, 0.3) is 0 Å². The molecule has 6 heteroatoms. The van der Waals surface area contributed by atoms with Crippen molar-refractivity contribution in [2.45, 2.75) is 56.8 Å². The number of hydrogen-bond donors (Lipinski definition) is 0. The smallest absolute Gasteiger partial charge is 0.272 e. The zero-order chi connectivity index (χ0) is 16.4. The lowest BCUT2D eigenvalue weighted by Crippen LogP contribution is -2.54. The van der Waals surface area contributed by atoms with Gasteiger partial charge in [0.05, 0.1) is 18.8 Å². The summed E-state index contributed by atoms with van der Waals surface area (Å²) in [6, 6.07) is 1.78. The number of morpholine rings is 1. The van der Waals surface area contributed by atoms with Crippen LogP contribution in [0.1, 0.15) is 49.0 Å². The Bertz CT molecular complexity index is 562. The lowest BCUT2D eigenvalue weighted by Gasteiger charge is -2.39. The van der Waals surface area contributed by atoms with Crippen LogP contribution >= 0.6 is 0 Å². The lowest BCUT2D eigenvalue weighted by molar-refractivity contribution is -0.109. The highest BCUT2D eigenvalue weighted by molar-refractivity contribution is 5.92. The molecule has 0 bridgehead atoms. The average Bonchev–Trinajstić information content (AvgIpc) is 3.29. The molecule has 1 aromatic rings. The molecule has 3 fully saturated rings. The lowest BCUT2D eigenvalue weighted by atomic mass is 10.1. The second-order valence-corrected chi connectivity index (χ2v) is 7.10. The molecule has 0 unspecified atom stereocenters. The first kappa shape index (κ1) is 16.0. The van der Waals surface area contributed by atoms with Crippen molar-refractivity contribution >= 4 is 5.91 Å². The van der Waals surface area contributed by atoms with E-state index < -0.39 is 0 Å². The van der Waals surface area contributed by atoms with Gasteiger partial charge in [-0.05, 0) is 37.7 Å². The van der Waals surface area contributed by atoms with Gasteiger partial charge in [-0.25, -0.2) is 9.97 Å². The Kier molecular flexibility index (Phi) is 4.76. The average molecular weight is 331 g/mol. The Morgan fingerprint density at radius 3 is 2.96 bits per heavy atom. The summed E-state index contributed by atoms with van der Waals surface area (Å²) in [5.74, 6) is 0.693. The minimum Gasteiger partial charge on any atom is -0.375 e. The summed E-state index contributed by atoms with van der Waals surface area (Å²) >= 11 is 0. The third kappa shape index (κ3) is 3.17. The number of carbonyl (C=O) groups is 1. The molecule has 1 amide bonds. The first-order valence-electron chi connectivity index (χ1n) is 9.13. The molecule has 0 aromatic carbocycles. The van der Waals surface area contributed by atoms with E-state index in [9.17, 15) is 4.79 Å². The quantitative estimate of drug-likeness (QED) is 0.845. The monoisotopic (exact) mass is 331 g/mol. The molecule has 1 saturated heterocycles. The van der Waals surface area contributed by atoms with Crippen LogP contribution in [0.15, 0.2) is 18.6 Å². The van der Waals surface area contributed by atoms with E-state index in [1.807, 2.05) is 4.90 Å². The molecule has 2 saturated carbocycles. The van der Waals surface area contributed by atoms with E-state index >= 15 is 0 Å². The predicted molar refractivity (Wildman–Crippen MR) is 87.5 cm³/mol.